The lowest BCUT2D eigenvalue weighted by atomic mass is 10.1. The van der Waals surface area contributed by atoms with E-state index in [0.717, 1.165) is 63.1 Å². The summed E-state index contributed by atoms with van der Waals surface area (Å²) in [5.41, 5.74) is 6.85. The molecule has 5 aliphatic rings. The molecule has 18 atom stereocenters. The van der Waals surface area contributed by atoms with Crippen LogP contribution in [0.25, 0.3) is 45.1 Å². The second-order valence-electron chi connectivity index (χ2n) is 28.8. The molecule has 730 valence electrons. The minimum absolute atomic E-state index is 0.0536. The fraction of sp³-hybridized carbons (Fsp3) is 0.500. The summed E-state index contributed by atoms with van der Waals surface area (Å²) >= 11 is 0. The van der Waals surface area contributed by atoms with Gasteiger partial charge < -0.3 is 112 Å². The Morgan fingerprint density at radius 1 is 0.549 bits per heavy atom. The molecule has 0 spiro atoms. The highest BCUT2D eigenvalue weighted by molar-refractivity contribution is 7.75. The molecule has 5 saturated heterocycles. The summed E-state index contributed by atoms with van der Waals surface area (Å²) in [5, 5.41) is 25.7. The number of nitrogen functional groups attached to an aromatic ring is 1. The first-order valence-corrected chi connectivity index (χ1v) is 51.0. The number of aliphatic hydroxyl groups is 2. The molecule has 133 heavy (non-hydrogen) atoms. The van der Waals surface area contributed by atoms with E-state index in [-0.39, 0.29) is 68.9 Å². The van der Waals surface area contributed by atoms with E-state index in [1.165, 1.54) is 21.8 Å². The Morgan fingerprint density at radius 2 is 0.940 bits per heavy atom. The van der Waals surface area contributed by atoms with Crippen LogP contribution in [0.4, 0.5) is 29.2 Å². The molecule has 71 heteroatoms. The summed E-state index contributed by atoms with van der Waals surface area (Å²) in [4.78, 5) is 209. The van der Waals surface area contributed by atoms with Crippen LogP contribution < -0.4 is 60.4 Å². The van der Waals surface area contributed by atoms with Crippen LogP contribution in [0.5, 0.6) is 0 Å². The quantitative estimate of drug-likeness (QED) is 0.0121. The molecule has 13 heterocycles. The molecular weight excluding hydrogens is 1980 g/mol. The van der Waals surface area contributed by atoms with Gasteiger partial charge in [-0.3, -0.25) is 80.8 Å². The van der Waals surface area contributed by atoms with Crippen molar-refractivity contribution in [1.82, 2.24) is 58.6 Å². The highest BCUT2D eigenvalue weighted by Gasteiger charge is 2.58. The lowest BCUT2D eigenvalue weighted by molar-refractivity contribution is -0.598. The number of phosphoric acid groups is 8. The third kappa shape index (κ3) is 26.6. The largest absolute Gasteiger partial charge is 0.790 e. The van der Waals surface area contributed by atoms with Crippen molar-refractivity contribution < 1.29 is 205 Å². The highest BCUT2D eigenvalue weighted by Crippen LogP contribution is 2.80. The Kier molecular flexibility index (Phi) is 32.8. The number of anilines is 5. The molecule has 13 rings (SSSR count). The molecule has 11 N–H and O–H groups in total. The number of aromatic nitrogens is 14. The van der Waals surface area contributed by atoms with Gasteiger partial charge in [0, 0.05) is 112 Å². The van der Waals surface area contributed by atoms with Gasteiger partial charge in [0.2, 0.25) is 28.8 Å². The standard InChI is InChI=1S/C26H34N7O15P3.C26H34N7O14P3.C10H16N5O14P3/c1-7-31(6)17-8-10-32(11-9-17)22-19-23(29-26(28-22)30-24(36)14(2)3)33(13-27-19)25-21(44-16(5)35)20(43-15(4)34)18(45-25)12-42-51(41)47-49(37,38)46-50(39,40)48-51;1-7-31(6)17-8-10-32(11-9-17)22-19-23(29-26(28-22)30-24(36)14(2)3)33(13-27-19)25-21(43-16(5)35)20(42-15(4)34)18(44-25)12-41-48-45-49(37,38)47-50(39,40)46-48;11-10-13-7-4(8(18)14-10)12-2-15(7)9-6(17)5(16)3(27-9)1-26-31(22,23)29-32(24,25)28-30(19,20)21/h8-11,13-14,18,20-21,25H,7,12H2,1-6H3,(H2-,28,29,30,36,37,38,39,40);8-11,13-14,18,20-21,25H,7,12H2,1-6H3,(H2-,28,29,30,36,37,38,39,40);2-3,5-6,9,16-17H,1H2,(H,22,23)(H,24,25)(H2,19,20,21)(H3,11,13,14,18)/p-2/t2*18-,20?,21+,25-;3-,5?,6+,9-/m111/s1. The molecule has 5 aliphatic heterocycles. The molecule has 8 aromatic heterocycles. The van der Waals surface area contributed by atoms with Crippen molar-refractivity contribution in [2.45, 2.75) is 143 Å². The number of pyridine rings is 2. The topological polar surface area (TPSA) is 834 Å². The molecule has 5 fully saturated rings. The first-order valence-electron chi connectivity index (χ1n) is 38.1. The van der Waals surface area contributed by atoms with Gasteiger partial charge in [0.15, 0.2) is 65.6 Å². The fourth-order valence-electron chi connectivity index (χ4n) is 12.4. The second-order valence-corrected chi connectivity index (χ2v) is 42.6. The number of carbonyl (C=O) groups is 6. The van der Waals surface area contributed by atoms with Gasteiger partial charge >= 0.3 is 95.1 Å². The van der Waals surface area contributed by atoms with Crippen LogP contribution in [0.3, 0.4) is 0 Å². The smallest absolute Gasteiger partial charge is 0.492 e. The number of phosphoric ester groups is 1. The molecule has 0 aliphatic carbocycles. The Labute approximate surface area is 748 Å². The van der Waals surface area contributed by atoms with Crippen LogP contribution in [-0.2, 0) is 147 Å². The molecule has 0 bridgehead atoms. The summed E-state index contributed by atoms with van der Waals surface area (Å²) in [5.74, 6) is -4.89. The highest BCUT2D eigenvalue weighted by atomic mass is 31.3. The average Bonchev–Trinajstić information content (AvgIpc) is 1.61. The number of H-pyrrole nitrogens is 1. The predicted octanol–water partition coefficient (Wildman–Crippen LogP) is -0.138. The molecule has 9 unspecified atom stereocenters. The third-order valence-electron chi connectivity index (χ3n) is 18.4. The molecular formula is C62H82N19O43P9-2. The number of fused-ring (bicyclic) bond motifs is 3. The van der Waals surface area contributed by atoms with Crippen LogP contribution in [0.2, 0.25) is 0 Å². The number of hydrogen-bond donors (Lipinski definition) is 10. The maximum absolute atomic E-state index is 13.0. The number of amides is 2. The summed E-state index contributed by atoms with van der Waals surface area (Å²) in [6.45, 7) is 13.9. The van der Waals surface area contributed by atoms with E-state index in [9.17, 15) is 119 Å². The van der Waals surface area contributed by atoms with Crippen molar-refractivity contribution >= 4 is 170 Å². The molecule has 0 aromatic carbocycles. The van der Waals surface area contributed by atoms with Gasteiger partial charge in [-0.15, -0.1) is 0 Å². The number of nitrogens with one attached hydrogen (secondary N) is 3. The Balaban J connectivity index is 0.000000198. The van der Waals surface area contributed by atoms with E-state index < -0.39 is 212 Å². The normalized spacial score (nSPS) is 28.5. The Hall–Kier alpha value is -8.72. The van der Waals surface area contributed by atoms with Crippen LogP contribution in [0.1, 0.15) is 87.9 Å². The SMILES string of the molecule is CCN(C)c1cc[n+](-c2nc(NC(=O)C(C)C)nc3c2ncn3[C@@H]2O[C@H](COP3(=O)OP(=O)(O)OP(=O)(O)O3)C(OC(C)=O)[C@@H]2OC(C)=O)cc1.CCN(C)c1cc[n+](-c2nc(NC(=O)C(C)C)nc3c2ncn3[C@@H]2O[C@H](COP3OP(=O)(O)OP(=O)(O)O3)C(OC(C)=O)[C@@H]2OC(C)=O)cc1.Nc1nc2c(ncn2[C@@H]2O[C@H](COP(=O)([O-])OP(=O)([O-])OP(=O)([O-])[O-])C(O)[C@@H]2O)c(=O)[nH]1. The number of aliphatic hydroxyl groups excluding tert-OH is 2. The Bertz CT molecular complexity index is 6140. The zero-order valence-corrected chi connectivity index (χ0v) is 78.6. The van der Waals surface area contributed by atoms with Crippen LogP contribution in [0.15, 0.2) is 72.8 Å². The molecule has 2 amide bonds. The number of imidazole rings is 3. The number of carbonyl (C=O) groups excluding carboxylic acids is 6. The number of nitrogens with zero attached hydrogens (tertiary/aromatic N) is 15. The van der Waals surface area contributed by atoms with Crippen molar-refractivity contribution in [3.05, 3.63) is 78.4 Å². The van der Waals surface area contributed by atoms with Crippen molar-refractivity contribution in [2.24, 2.45) is 11.8 Å². The zero-order chi connectivity index (χ0) is 98.1. The summed E-state index contributed by atoms with van der Waals surface area (Å²) in [6, 6.07) is 7.42. The van der Waals surface area contributed by atoms with E-state index in [1.807, 2.05) is 62.0 Å². The Morgan fingerprint density at radius 3 is 1.35 bits per heavy atom. The van der Waals surface area contributed by atoms with Crippen LogP contribution >= 0.6 is 71.2 Å². The molecule has 0 saturated carbocycles. The van der Waals surface area contributed by atoms with E-state index in [4.69, 9.17) is 47.9 Å². The van der Waals surface area contributed by atoms with Gasteiger partial charge in [-0.05, 0) is 13.8 Å². The lowest BCUT2D eigenvalue weighted by Gasteiger charge is -2.37. The summed E-state index contributed by atoms with van der Waals surface area (Å²) in [7, 11) is -43.4. The number of ether oxygens (including phenoxy) is 7. The van der Waals surface area contributed by atoms with Crippen molar-refractivity contribution in [2.75, 3.05) is 73.2 Å². The maximum atomic E-state index is 13.0. The van der Waals surface area contributed by atoms with Gasteiger partial charge in [0.25, 0.3) is 21.2 Å². The van der Waals surface area contributed by atoms with Crippen molar-refractivity contribution in [1.29, 1.82) is 0 Å². The summed E-state index contributed by atoms with van der Waals surface area (Å²) < 4.78 is 187. The first kappa shape index (κ1) is 105. The van der Waals surface area contributed by atoms with Crippen molar-refractivity contribution in [3.63, 3.8) is 0 Å². The number of aromatic amines is 1. The van der Waals surface area contributed by atoms with Crippen molar-refractivity contribution in [3.8, 4) is 11.6 Å². The van der Waals surface area contributed by atoms with Crippen LogP contribution in [-0.4, -0.2) is 226 Å². The molecule has 62 nitrogen and oxygen atoms in total. The minimum atomic E-state index is -6.17. The number of rotatable bonds is 30. The number of esters is 4. The monoisotopic (exact) mass is 2060 g/mol. The van der Waals surface area contributed by atoms with E-state index in [0.29, 0.717) is 0 Å². The molecule has 0 radical (unpaired) electrons. The number of hydrogen-bond acceptors (Lipinski definition) is 50. The van der Waals surface area contributed by atoms with Gasteiger partial charge in [-0.2, -0.15) is 32.2 Å². The lowest BCUT2D eigenvalue weighted by Crippen LogP contribution is -2.40. The number of nitrogens with two attached hydrogens (primary N) is 1. The minimum Gasteiger partial charge on any atom is -0.790 e. The van der Waals surface area contributed by atoms with E-state index >= 15 is 0 Å². The van der Waals surface area contributed by atoms with E-state index in [2.05, 4.69) is 94.5 Å². The van der Waals surface area contributed by atoms with Gasteiger partial charge in [-0.1, -0.05) is 27.7 Å². The van der Waals surface area contributed by atoms with Gasteiger partial charge in [-0.25, -0.2) is 59.8 Å². The maximum Gasteiger partial charge on any atom is 0.492 e. The average molecular weight is 2060 g/mol. The first-order chi connectivity index (χ1) is 61.8. The molecule has 8 aromatic rings. The predicted molar refractivity (Wildman–Crippen MR) is 430 cm³/mol. The van der Waals surface area contributed by atoms with Gasteiger partial charge in [0.05, 0.1) is 71.4 Å². The van der Waals surface area contributed by atoms with Crippen LogP contribution in [0, 0.1) is 11.8 Å². The summed E-state index contributed by atoms with van der Waals surface area (Å²) in [6.07, 6.45) is -7.26. The third-order valence-corrected chi connectivity index (χ3v) is 32.1. The van der Waals surface area contributed by atoms with Gasteiger partial charge in [0.1, 0.15) is 30.5 Å². The second kappa shape index (κ2) is 41.7. The fourth-order valence-corrected chi connectivity index (χ4v) is 24.4. The zero-order valence-electron chi connectivity index (χ0n) is 70.6. The van der Waals surface area contributed by atoms with E-state index in [1.54, 1.807) is 61.6 Å².